The number of hydrogen-bond acceptors (Lipinski definition) is 3. The first-order valence-corrected chi connectivity index (χ1v) is 6.96. The standard InChI is InChI=1S/C14H17ClN2O3/c1-9-3-4-11(7-13(9)17(19)20)14(18)16(2)8-10-5-12(15)6-10/h3-4,7,10,12H,5-6,8H2,1-2H3. The monoisotopic (exact) mass is 296 g/mol. The summed E-state index contributed by atoms with van der Waals surface area (Å²) >= 11 is 5.92. The molecule has 1 aliphatic rings. The second-order valence-electron chi connectivity index (χ2n) is 5.38. The van der Waals surface area contributed by atoms with E-state index in [-0.39, 0.29) is 17.0 Å². The van der Waals surface area contributed by atoms with E-state index in [0.717, 1.165) is 12.8 Å². The summed E-state index contributed by atoms with van der Waals surface area (Å²) in [6, 6.07) is 4.59. The average molecular weight is 297 g/mol. The van der Waals surface area contributed by atoms with Crippen molar-refractivity contribution in [2.75, 3.05) is 13.6 Å². The van der Waals surface area contributed by atoms with Gasteiger partial charge in [-0.3, -0.25) is 14.9 Å². The van der Waals surface area contributed by atoms with Gasteiger partial charge in [-0.15, -0.1) is 11.6 Å². The molecule has 0 spiro atoms. The molecule has 2 rings (SSSR count). The molecule has 108 valence electrons. The van der Waals surface area contributed by atoms with Crippen molar-refractivity contribution in [3.8, 4) is 0 Å². The Labute approximate surface area is 122 Å². The number of rotatable bonds is 4. The van der Waals surface area contributed by atoms with Crippen LogP contribution in [0.15, 0.2) is 18.2 Å². The molecule has 0 heterocycles. The van der Waals surface area contributed by atoms with E-state index in [1.807, 2.05) is 0 Å². The lowest BCUT2D eigenvalue weighted by Crippen LogP contribution is -2.37. The van der Waals surface area contributed by atoms with Gasteiger partial charge in [-0.2, -0.15) is 0 Å². The fourth-order valence-electron chi connectivity index (χ4n) is 2.43. The van der Waals surface area contributed by atoms with Crippen LogP contribution in [0.1, 0.15) is 28.8 Å². The number of nitrogens with zero attached hydrogens (tertiary/aromatic N) is 2. The van der Waals surface area contributed by atoms with Gasteiger partial charge < -0.3 is 4.90 Å². The highest BCUT2D eigenvalue weighted by Crippen LogP contribution is 2.32. The zero-order chi connectivity index (χ0) is 14.9. The molecule has 1 saturated carbocycles. The van der Waals surface area contributed by atoms with Gasteiger partial charge in [-0.05, 0) is 31.7 Å². The molecule has 20 heavy (non-hydrogen) atoms. The number of alkyl halides is 1. The van der Waals surface area contributed by atoms with E-state index in [2.05, 4.69) is 0 Å². The molecule has 0 radical (unpaired) electrons. The molecule has 1 aliphatic carbocycles. The number of aryl methyl sites for hydroxylation is 1. The van der Waals surface area contributed by atoms with Crippen LogP contribution in [0.25, 0.3) is 0 Å². The summed E-state index contributed by atoms with van der Waals surface area (Å²) in [6.45, 7) is 2.30. The molecule has 0 unspecified atom stereocenters. The normalized spacial score (nSPS) is 21.1. The summed E-state index contributed by atoms with van der Waals surface area (Å²) < 4.78 is 0. The Kier molecular flexibility index (Phi) is 4.28. The molecule has 0 N–H and O–H groups in total. The number of halogens is 1. The van der Waals surface area contributed by atoms with Crippen LogP contribution < -0.4 is 0 Å². The lowest BCUT2D eigenvalue weighted by atomic mass is 9.84. The Balaban J connectivity index is 2.08. The minimum absolute atomic E-state index is 0.0197. The predicted molar refractivity (Wildman–Crippen MR) is 77.2 cm³/mol. The number of carbonyl (C=O) groups excluding carboxylic acids is 1. The minimum Gasteiger partial charge on any atom is -0.341 e. The van der Waals surface area contributed by atoms with Crippen molar-refractivity contribution in [3.63, 3.8) is 0 Å². The highest BCUT2D eigenvalue weighted by atomic mass is 35.5. The second kappa shape index (κ2) is 5.79. The fraction of sp³-hybridized carbons (Fsp3) is 0.500. The number of hydrogen-bond donors (Lipinski definition) is 0. The SMILES string of the molecule is Cc1ccc(C(=O)N(C)CC2CC(Cl)C2)cc1[N+](=O)[O-]. The van der Waals surface area contributed by atoms with Gasteiger partial charge in [0, 0.05) is 36.2 Å². The Bertz CT molecular complexity index is 541. The maximum Gasteiger partial charge on any atom is 0.273 e. The Morgan fingerprint density at radius 1 is 1.50 bits per heavy atom. The van der Waals surface area contributed by atoms with E-state index < -0.39 is 4.92 Å². The van der Waals surface area contributed by atoms with E-state index in [1.54, 1.807) is 31.0 Å². The summed E-state index contributed by atoms with van der Waals surface area (Å²) in [5.41, 5.74) is 0.887. The molecule has 1 aromatic carbocycles. The van der Waals surface area contributed by atoms with Gasteiger partial charge in [-0.1, -0.05) is 6.07 Å². The van der Waals surface area contributed by atoms with Gasteiger partial charge in [0.05, 0.1) is 4.92 Å². The molecule has 0 saturated heterocycles. The summed E-state index contributed by atoms with van der Waals surface area (Å²) in [5, 5.41) is 11.1. The molecule has 1 amide bonds. The lowest BCUT2D eigenvalue weighted by Gasteiger charge is -2.34. The molecular formula is C14H17ClN2O3. The van der Waals surface area contributed by atoms with Crippen LogP contribution >= 0.6 is 11.6 Å². The largest absolute Gasteiger partial charge is 0.341 e. The summed E-state index contributed by atoms with van der Waals surface area (Å²) in [5.74, 6) is 0.248. The van der Waals surface area contributed by atoms with Crippen molar-refractivity contribution in [2.24, 2.45) is 5.92 Å². The van der Waals surface area contributed by atoms with Gasteiger partial charge in [0.1, 0.15) is 0 Å². The molecule has 0 aliphatic heterocycles. The Hall–Kier alpha value is -1.62. The van der Waals surface area contributed by atoms with Gasteiger partial charge in [0.15, 0.2) is 0 Å². The smallest absolute Gasteiger partial charge is 0.273 e. The molecule has 6 heteroatoms. The molecule has 1 aromatic rings. The first-order chi connectivity index (χ1) is 9.38. The van der Waals surface area contributed by atoms with E-state index in [9.17, 15) is 14.9 Å². The van der Waals surface area contributed by atoms with Gasteiger partial charge >= 0.3 is 0 Å². The van der Waals surface area contributed by atoms with Crippen molar-refractivity contribution in [1.82, 2.24) is 4.90 Å². The van der Waals surface area contributed by atoms with Crippen molar-refractivity contribution in [2.45, 2.75) is 25.1 Å². The Morgan fingerprint density at radius 3 is 2.70 bits per heavy atom. The second-order valence-corrected chi connectivity index (χ2v) is 6.00. The first-order valence-electron chi connectivity index (χ1n) is 6.53. The van der Waals surface area contributed by atoms with E-state index in [4.69, 9.17) is 11.6 Å². The molecular weight excluding hydrogens is 280 g/mol. The highest BCUT2D eigenvalue weighted by molar-refractivity contribution is 6.21. The van der Waals surface area contributed by atoms with Crippen LogP contribution in [0, 0.1) is 23.0 Å². The first kappa shape index (κ1) is 14.8. The third-order valence-corrected chi connectivity index (χ3v) is 4.07. The predicted octanol–water partition coefficient (Wildman–Crippen LogP) is 2.99. The van der Waals surface area contributed by atoms with Crippen molar-refractivity contribution in [3.05, 3.63) is 39.4 Å². The van der Waals surface area contributed by atoms with Crippen LogP contribution in [-0.2, 0) is 0 Å². The molecule has 0 aromatic heterocycles. The van der Waals surface area contributed by atoms with Crippen LogP contribution in [0.5, 0.6) is 0 Å². The quantitative estimate of drug-likeness (QED) is 0.487. The molecule has 0 bridgehead atoms. The number of nitro benzene ring substituents is 1. The van der Waals surface area contributed by atoms with Crippen LogP contribution in [0.4, 0.5) is 5.69 Å². The highest BCUT2D eigenvalue weighted by Gasteiger charge is 2.29. The molecule has 1 fully saturated rings. The van der Waals surface area contributed by atoms with Gasteiger partial charge in [-0.25, -0.2) is 0 Å². The number of carbonyl (C=O) groups is 1. The van der Waals surface area contributed by atoms with E-state index in [1.165, 1.54) is 6.07 Å². The number of benzene rings is 1. The maximum absolute atomic E-state index is 12.3. The Morgan fingerprint density at radius 2 is 2.15 bits per heavy atom. The third kappa shape index (κ3) is 3.10. The lowest BCUT2D eigenvalue weighted by molar-refractivity contribution is -0.385. The van der Waals surface area contributed by atoms with Crippen LogP contribution in [0.3, 0.4) is 0 Å². The van der Waals surface area contributed by atoms with Crippen molar-refractivity contribution in [1.29, 1.82) is 0 Å². The van der Waals surface area contributed by atoms with Crippen molar-refractivity contribution < 1.29 is 9.72 Å². The fourth-order valence-corrected chi connectivity index (χ4v) is 2.94. The van der Waals surface area contributed by atoms with Crippen LogP contribution in [-0.4, -0.2) is 34.7 Å². The van der Waals surface area contributed by atoms with Crippen LogP contribution in [0.2, 0.25) is 0 Å². The molecule has 0 atom stereocenters. The summed E-state index contributed by atoms with van der Waals surface area (Å²) in [4.78, 5) is 24.3. The topological polar surface area (TPSA) is 63.5 Å². The van der Waals surface area contributed by atoms with E-state index >= 15 is 0 Å². The van der Waals surface area contributed by atoms with Crippen molar-refractivity contribution >= 4 is 23.2 Å². The average Bonchev–Trinajstić information content (AvgIpc) is 2.36. The molecule has 5 nitrogen and oxygen atoms in total. The summed E-state index contributed by atoms with van der Waals surface area (Å²) in [6.07, 6.45) is 1.85. The van der Waals surface area contributed by atoms with Gasteiger partial charge in [0.25, 0.3) is 11.6 Å². The third-order valence-electron chi connectivity index (χ3n) is 3.71. The summed E-state index contributed by atoms with van der Waals surface area (Å²) in [7, 11) is 1.72. The zero-order valence-electron chi connectivity index (χ0n) is 11.5. The number of amides is 1. The maximum atomic E-state index is 12.3. The minimum atomic E-state index is -0.462. The van der Waals surface area contributed by atoms with Gasteiger partial charge in [0.2, 0.25) is 0 Å². The van der Waals surface area contributed by atoms with E-state index in [0.29, 0.717) is 23.6 Å². The number of nitro groups is 1. The zero-order valence-corrected chi connectivity index (χ0v) is 12.3.